The van der Waals surface area contributed by atoms with Gasteiger partial charge in [0, 0.05) is 18.7 Å². The number of nitrogens with one attached hydrogen (secondary N) is 1. The van der Waals surface area contributed by atoms with Gasteiger partial charge in [0.05, 0.1) is 10.7 Å². The maximum atomic E-state index is 12.9. The van der Waals surface area contributed by atoms with Gasteiger partial charge in [-0.25, -0.2) is 17.9 Å². The van der Waals surface area contributed by atoms with Gasteiger partial charge in [-0.2, -0.15) is 0 Å². The summed E-state index contributed by atoms with van der Waals surface area (Å²) < 4.78 is 34.1. The summed E-state index contributed by atoms with van der Waals surface area (Å²) in [6, 6.07) is 2.86. The summed E-state index contributed by atoms with van der Waals surface area (Å²) in [4.78, 5) is 9.90. The second-order valence-corrected chi connectivity index (χ2v) is 4.95. The number of hydrogen-bond donors (Lipinski definition) is 2. The minimum Gasteiger partial charge on any atom is -0.378 e. The van der Waals surface area contributed by atoms with Gasteiger partial charge in [0.25, 0.3) is 5.69 Å². The minimum atomic E-state index is -3.66. The van der Waals surface area contributed by atoms with Crippen LogP contribution in [0.25, 0.3) is 0 Å². The van der Waals surface area contributed by atoms with E-state index in [0.29, 0.717) is 0 Å². The zero-order chi connectivity index (χ0) is 13.1. The first kappa shape index (κ1) is 13.3. The molecule has 0 fully saturated rings. The normalized spacial score (nSPS) is 11.2. The number of rotatable bonds is 5. The van der Waals surface area contributed by atoms with Crippen LogP contribution in [-0.4, -0.2) is 25.6 Å². The molecule has 7 nitrogen and oxygen atoms in total. The number of nitrogens with two attached hydrogens (primary N) is 1. The Labute approximate surface area is 96.6 Å². The topological polar surface area (TPSA) is 115 Å². The molecule has 3 N–H and O–H groups in total. The highest BCUT2D eigenvalue weighted by Crippen LogP contribution is 2.24. The van der Waals surface area contributed by atoms with Gasteiger partial charge in [-0.05, 0) is 6.07 Å². The lowest BCUT2D eigenvalue weighted by atomic mass is 10.2. The fourth-order valence-electron chi connectivity index (χ4n) is 1.14. The van der Waals surface area contributed by atoms with Gasteiger partial charge in [-0.3, -0.25) is 10.1 Å². The van der Waals surface area contributed by atoms with E-state index in [1.807, 2.05) is 0 Å². The summed E-state index contributed by atoms with van der Waals surface area (Å²) in [5.41, 5.74) is -0.417. The summed E-state index contributed by atoms with van der Waals surface area (Å²) >= 11 is 0. The predicted molar refractivity (Wildman–Crippen MR) is 59.5 cm³/mol. The minimum absolute atomic E-state index is 0.0846. The van der Waals surface area contributed by atoms with E-state index in [1.165, 1.54) is 0 Å². The standard InChI is InChI=1S/C8H10FN3O4S/c9-6-1-2-8(12(13)14)7(5-6)11-3-4-17(10,15)16/h1-2,5,11H,3-4H2,(H2,10,15,16). The number of benzene rings is 1. The van der Waals surface area contributed by atoms with E-state index in [1.54, 1.807) is 0 Å². The van der Waals surface area contributed by atoms with Crippen LogP contribution in [0.2, 0.25) is 0 Å². The van der Waals surface area contributed by atoms with Crippen LogP contribution in [0.3, 0.4) is 0 Å². The van der Waals surface area contributed by atoms with E-state index in [4.69, 9.17) is 5.14 Å². The molecular weight excluding hydrogens is 253 g/mol. The van der Waals surface area contributed by atoms with E-state index >= 15 is 0 Å². The van der Waals surface area contributed by atoms with Crippen LogP contribution in [-0.2, 0) is 10.0 Å². The molecule has 0 atom stereocenters. The molecular formula is C8H10FN3O4S. The monoisotopic (exact) mass is 263 g/mol. The number of halogens is 1. The van der Waals surface area contributed by atoms with Crippen molar-refractivity contribution in [1.82, 2.24) is 0 Å². The van der Waals surface area contributed by atoms with Gasteiger partial charge < -0.3 is 5.32 Å². The molecule has 1 rings (SSSR count). The third-order valence-corrected chi connectivity index (χ3v) is 2.63. The highest BCUT2D eigenvalue weighted by molar-refractivity contribution is 7.89. The average molecular weight is 263 g/mol. The van der Waals surface area contributed by atoms with Gasteiger partial charge in [0.15, 0.2) is 0 Å². The SMILES string of the molecule is NS(=O)(=O)CCNc1cc(F)ccc1[N+](=O)[O-]. The van der Waals surface area contributed by atoms with Crippen LogP contribution in [0.15, 0.2) is 18.2 Å². The lowest BCUT2D eigenvalue weighted by Gasteiger charge is -2.06. The molecule has 94 valence electrons. The van der Waals surface area contributed by atoms with Crippen LogP contribution in [0.1, 0.15) is 0 Å². The predicted octanol–water partition coefficient (Wildman–Crippen LogP) is 0.434. The third-order valence-electron chi connectivity index (χ3n) is 1.86. The molecule has 0 bridgehead atoms. The first-order chi connectivity index (χ1) is 7.79. The maximum Gasteiger partial charge on any atom is 0.292 e. The Morgan fingerprint density at radius 2 is 2.12 bits per heavy atom. The summed E-state index contributed by atoms with van der Waals surface area (Å²) in [7, 11) is -3.66. The van der Waals surface area contributed by atoms with Crippen LogP contribution in [0.4, 0.5) is 15.8 Å². The Balaban J connectivity index is 2.82. The molecule has 0 spiro atoms. The summed E-state index contributed by atoms with van der Waals surface area (Å²) in [5, 5.41) is 17.8. The Morgan fingerprint density at radius 3 is 2.65 bits per heavy atom. The number of nitro groups is 1. The second kappa shape index (κ2) is 5.06. The first-order valence-electron chi connectivity index (χ1n) is 4.48. The molecule has 9 heteroatoms. The molecule has 0 aliphatic rings. The van der Waals surface area contributed by atoms with Crippen LogP contribution >= 0.6 is 0 Å². The Hall–Kier alpha value is -1.74. The van der Waals surface area contributed by atoms with Gasteiger partial charge in [0.1, 0.15) is 11.5 Å². The van der Waals surface area contributed by atoms with E-state index in [-0.39, 0.29) is 17.9 Å². The molecule has 0 unspecified atom stereocenters. The molecule has 0 aliphatic heterocycles. The number of nitro benzene ring substituents is 1. The number of anilines is 1. The van der Waals surface area contributed by atoms with Gasteiger partial charge >= 0.3 is 0 Å². The highest BCUT2D eigenvalue weighted by atomic mass is 32.2. The largest absolute Gasteiger partial charge is 0.378 e. The molecule has 0 radical (unpaired) electrons. The zero-order valence-corrected chi connectivity index (χ0v) is 9.41. The van der Waals surface area contributed by atoms with Crippen molar-refractivity contribution in [2.45, 2.75) is 0 Å². The van der Waals surface area contributed by atoms with E-state index in [2.05, 4.69) is 5.32 Å². The summed E-state index contributed by atoms with van der Waals surface area (Å²) in [6.45, 7) is -0.136. The molecule has 0 aromatic heterocycles. The van der Waals surface area contributed by atoms with Crippen molar-refractivity contribution in [2.75, 3.05) is 17.6 Å². The van der Waals surface area contributed by atoms with Crippen LogP contribution in [0.5, 0.6) is 0 Å². The maximum absolute atomic E-state index is 12.9. The molecule has 0 amide bonds. The average Bonchev–Trinajstić information content (AvgIpc) is 2.15. The molecule has 0 saturated carbocycles. The number of sulfonamides is 1. The number of primary sulfonamides is 1. The first-order valence-corrected chi connectivity index (χ1v) is 6.19. The van der Waals surface area contributed by atoms with Crippen LogP contribution < -0.4 is 10.5 Å². The van der Waals surface area contributed by atoms with Crippen LogP contribution in [0, 0.1) is 15.9 Å². The third kappa shape index (κ3) is 4.33. The van der Waals surface area contributed by atoms with Crippen molar-refractivity contribution in [3.05, 3.63) is 34.1 Å². The summed E-state index contributed by atoms with van der Waals surface area (Å²) in [5.74, 6) is -1.06. The van der Waals surface area contributed by atoms with Crippen molar-refractivity contribution < 1.29 is 17.7 Å². The van der Waals surface area contributed by atoms with Gasteiger partial charge in [-0.15, -0.1) is 0 Å². The Kier molecular flexibility index (Phi) is 3.97. The number of hydrogen-bond acceptors (Lipinski definition) is 5. The van der Waals surface area contributed by atoms with Crippen molar-refractivity contribution in [2.24, 2.45) is 5.14 Å². The molecule has 1 aromatic carbocycles. The van der Waals surface area contributed by atoms with Crippen molar-refractivity contribution in [1.29, 1.82) is 0 Å². The molecule has 1 aromatic rings. The van der Waals surface area contributed by atoms with E-state index < -0.39 is 26.5 Å². The van der Waals surface area contributed by atoms with Crippen molar-refractivity contribution in [3.63, 3.8) is 0 Å². The Morgan fingerprint density at radius 1 is 1.47 bits per heavy atom. The second-order valence-electron chi connectivity index (χ2n) is 3.21. The van der Waals surface area contributed by atoms with Crippen molar-refractivity contribution >= 4 is 21.4 Å². The smallest absolute Gasteiger partial charge is 0.292 e. The molecule has 17 heavy (non-hydrogen) atoms. The molecule has 0 aliphatic carbocycles. The fourth-order valence-corrected chi connectivity index (χ4v) is 1.52. The van der Waals surface area contributed by atoms with Gasteiger partial charge in [0.2, 0.25) is 10.0 Å². The Bertz CT molecular complexity index is 532. The summed E-state index contributed by atoms with van der Waals surface area (Å²) in [6.07, 6.45) is 0. The molecule has 0 heterocycles. The highest BCUT2D eigenvalue weighted by Gasteiger charge is 2.14. The molecule has 0 saturated heterocycles. The number of nitrogens with zero attached hydrogens (tertiary/aromatic N) is 1. The zero-order valence-electron chi connectivity index (χ0n) is 8.59. The fraction of sp³-hybridized carbons (Fsp3) is 0.250. The van der Waals surface area contributed by atoms with E-state index in [9.17, 15) is 22.9 Å². The van der Waals surface area contributed by atoms with Gasteiger partial charge in [-0.1, -0.05) is 0 Å². The quantitative estimate of drug-likeness (QED) is 0.590. The van der Waals surface area contributed by atoms with Crippen molar-refractivity contribution in [3.8, 4) is 0 Å². The lowest BCUT2D eigenvalue weighted by Crippen LogP contribution is -2.22. The van der Waals surface area contributed by atoms with E-state index in [0.717, 1.165) is 18.2 Å². The lowest BCUT2D eigenvalue weighted by molar-refractivity contribution is -0.384.